The summed E-state index contributed by atoms with van der Waals surface area (Å²) < 4.78 is 22.9. The van der Waals surface area contributed by atoms with Crippen molar-refractivity contribution in [1.29, 1.82) is 0 Å². The van der Waals surface area contributed by atoms with Crippen LogP contribution >= 0.6 is 0 Å². The number of aliphatic hydroxyl groups is 4. The number of hydrogen-bond acceptors (Lipinski definition) is 9. The Morgan fingerprint density at radius 1 is 0.516 bits per heavy atom. The van der Waals surface area contributed by atoms with Crippen molar-refractivity contribution in [2.45, 2.75) is 243 Å². The van der Waals surface area contributed by atoms with Crippen LogP contribution in [0.1, 0.15) is 206 Å². The molecule has 1 aliphatic heterocycles. The lowest BCUT2D eigenvalue weighted by molar-refractivity contribution is -0.305. The van der Waals surface area contributed by atoms with Crippen LogP contribution in [0.25, 0.3) is 0 Å². The predicted octanol–water partition coefficient (Wildman–Crippen LogP) is 12.8. The SMILES string of the molecule is CC/C=C\C/C=C\C/C=C\CCCCCCCCCCOCC(COC1OC(CO)C(O)C(O)C1O)OC(=O)CCCCCCCCCC/C=C\C/C=C\C/C=C\CCCCCCC. The van der Waals surface area contributed by atoms with Crippen LogP contribution in [-0.2, 0) is 23.7 Å². The fourth-order valence-corrected chi connectivity index (χ4v) is 7.57. The van der Waals surface area contributed by atoms with Gasteiger partial charge in [-0.15, -0.1) is 0 Å². The molecule has 1 saturated heterocycles. The van der Waals surface area contributed by atoms with Gasteiger partial charge in [0.25, 0.3) is 0 Å². The highest BCUT2D eigenvalue weighted by Gasteiger charge is 2.44. The van der Waals surface area contributed by atoms with Crippen LogP contribution in [0.5, 0.6) is 0 Å². The highest BCUT2D eigenvalue weighted by molar-refractivity contribution is 5.69. The zero-order chi connectivity index (χ0) is 46.4. The second-order valence-corrected chi connectivity index (χ2v) is 17.6. The third kappa shape index (κ3) is 35.8. The van der Waals surface area contributed by atoms with Crippen LogP contribution < -0.4 is 0 Å². The second kappa shape index (κ2) is 45.8. The Hall–Kier alpha value is -2.37. The van der Waals surface area contributed by atoms with Crippen LogP contribution in [-0.4, -0.2) is 89.6 Å². The first kappa shape index (κ1) is 59.6. The van der Waals surface area contributed by atoms with E-state index < -0.39 is 43.4 Å². The molecule has 9 nitrogen and oxygen atoms in total. The van der Waals surface area contributed by atoms with Crippen molar-refractivity contribution in [3.05, 3.63) is 72.9 Å². The maximum absolute atomic E-state index is 12.8. The highest BCUT2D eigenvalue weighted by atomic mass is 16.7. The fourth-order valence-electron chi connectivity index (χ4n) is 7.57. The first-order valence-electron chi connectivity index (χ1n) is 26.0. The number of hydrogen-bond donors (Lipinski definition) is 4. The maximum atomic E-state index is 12.8. The number of carbonyl (C=O) groups excluding carboxylic acids is 1. The third-order valence-electron chi connectivity index (χ3n) is 11.6. The summed E-state index contributed by atoms with van der Waals surface area (Å²) in [6, 6.07) is 0. The molecule has 1 rings (SSSR count). The molecule has 64 heavy (non-hydrogen) atoms. The molecule has 4 N–H and O–H groups in total. The summed E-state index contributed by atoms with van der Waals surface area (Å²) in [5.74, 6) is -0.325. The minimum Gasteiger partial charge on any atom is -0.457 e. The van der Waals surface area contributed by atoms with Crippen molar-refractivity contribution in [2.75, 3.05) is 26.4 Å². The molecule has 0 aromatic carbocycles. The predicted molar refractivity (Wildman–Crippen MR) is 265 cm³/mol. The van der Waals surface area contributed by atoms with E-state index in [4.69, 9.17) is 18.9 Å². The normalized spacial score (nSPS) is 20.1. The summed E-state index contributed by atoms with van der Waals surface area (Å²) >= 11 is 0. The monoisotopic (exact) mass is 901 g/mol. The molecule has 6 atom stereocenters. The van der Waals surface area contributed by atoms with Crippen LogP contribution in [0.15, 0.2) is 72.9 Å². The van der Waals surface area contributed by atoms with E-state index in [0.29, 0.717) is 13.0 Å². The second-order valence-electron chi connectivity index (χ2n) is 17.6. The standard InChI is InChI=1S/C55H96O9/c1-3-5-7-9-11-13-15-17-19-21-23-24-25-26-27-28-30-32-34-36-38-40-42-44-51(57)63-49(48-62-55-54(60)53(59)52(58)50(46-56)64-55)47-61-45-43-41-39-37-35-33-31-29-22-20-18-16-14-12-10-8-6-4-2/h6,8,12,14-15,17-18,20-21,23,25-26,49-50,52-56,58-60H,3-5,7,9-11,13,16,19,22,24,27-48H2,1-2H3/b8-6-,14-12-,17-15-,20-18-,23-21-,26-25-. The number of carbonyl (C=O) groups is 1. The van der Waals surface area contributed by atoms with E-state index in [1.165, 1.54) is 103 Å². The van der Waals surface area contributed by atoms with E-state index in [9.17, 15) is 25.2 Å². The van der Waals surface area contributed by atoms with E-state index in [1.807, 2.05) is 0 Å². The number of allylic oxidation sites excluding steroid dienone is 12. The Morgan fingerprint density at radius 3 is 1.44 bits per heavy atom. The molecule has 9 heteroatoms. The van der Waals surface area contributed by atoms with Crippen molar-refractivity contribution >= 4 is 5.97 Å². The van der Waals surface area contributed by atoms with Gasteiger partial charge in [-0.25, -0.2) is 0 Å². The minimum absolute atomic E-state index is 0.123. The number of unbranched alkanes of at least 4 members (excludes halogenated alkanes) is 21. The lowest BCUT2D eigenvalue weighted by Gasteiger charge is -2.39. The summed E-state index contributed by atoms with van der Waals surface area (Å²) in [6.07, 6.45) is 53.6. The number of rotatable bonds is 44. The van der Waals surface area contributed by atoms with Crippen LogP contribution in [0.2, 0.25) is 0 Å². The molecule has 0 radical (unpaired) electrons. The molecule has 0 saturated carbocycles. The number of ether oxygens (including phenoxy) is 4. The topological polar surface area (TPSA) is 135 Å². The van der Waals surface area contributed by atoms with Gasteiger partial charge in [0.15, 0.2) is 6.29 Å². The molecule has 6 unspecified atom stereocenters. The van der Waals surface area contributed by atoms with Gasteiger partial charge in [0.1, 0.15) is 30.5 Å². The van der Waals surface area contributed by atoms with Crippen molar-refractivity contribution in [1.82, 2.24) is 0 Å². The largest absolute Gasteiger partial charge is 0.457 e. The van der Waals surface area contributed by atoms with Crippen molar-refractivity contribution in [3.63, 3.8) is 0 Å². The quantitative estimate of drug-likeness (QED) is 0.0268. The van der Waals surface area contributed by atoms with E-state index in [1.54, 1.807) is 0 Å². The maximum Gasteiger partial charge on any atom is 0.306 e. The van der Waals surface area contributed by atoms with Crippen LogP contribution in [0.3, 0.4) is 0 Å². The molecular weight excluding hydrogens is 805 g/mol. The van der Waals surface area contributed by atoms with Gasteiger partial charge >= 0.3 is 5.97 Å². The van der Waals surface area contributed by atoms with Crippen LogP contribution in [0.4, 0.5) is 0 Å². The minimum atomic E-state index is -1.54. The molecule has 0 aliphatic carbocycles. The average molecular weight is 901 g/mol. The van der Waals surface area contributed by atoms with Crippen LogP contribution in [0, 0.1) is 0 Å². The molecule has 0 spiro atoms. The average Bonchev–Trinajstić information content (AvgIpc) is 3.30. The summed E-state index contributed by atoms with van der Waals surface area (Å²) in [4.78, 5) is 12.8. The van der Waals surface area contributed by atoms with Crippen molar-refractivity contribution < 1.29 is 44.2 Å². The zero-order valence-corrected chi connectivity index (χ0v) is 40.8. The summed E-state index contributed by atoms with van der Waals surface area (Å²) in [5.41, 5.74) is 0. The van der Waals surface area contributed by atoms with Crippen molar-refractivity contribution in [2.24, 2.45) is 0 Å². The van der Waals surface area contributed by atoms with Gasteiger partial charge in [-0.1, -0.05) is 189 Å². The highest BCUT2D eigenvalue weighted by Crippen LogP contribution is 2.23. The zero-order valence-electron chi connectivity index (χ0n) is 40.8. The van der Waals surface area contributed by atoms with Gasteiger partial charge in [-0.3, -0.25) is 4.79 Å². The molecule has 1 fully saturated rings. The van der Waals surface area contributed by atoms with Gasteiger partial charge in [-0.05, 0) is 83.5 Å². The first-order chi connectivity index (χ1) is 31.4. The van der Waals surface area contributed by atoms with Gasteiger partial charge < -0.3 is 39.4 Å². The molecular formula is C55H96O9. The summed E-state index contributed by atoms with van der Waals surface area (Å²) in [5, 5.41) is 40.3. The third-order valence-corrected chi connectivity index (χ3v) is 11.6. The summed E-state index contributed by atoms with van der Waals surface area (Å²) in [7, 11) is 0. The lowest BCUT2D eigenvalue weighted by Crippen LogP contribution is -2.59. The molecule has 0 bridgehead atoms. The van der Waals surface area contributed by atoms with Gasteiger partial charge in [0.2, 0.25) is 0 Å². The van der Waals surface area contributed by atoms with Crippen molar-refractivity contribution in [3.8, 4) is 0 Å². The number of esters is 1. The van der Waals surface area contributed by atoms with Gasteiger partial charge in [0.05, 0.1) is 19.8 Å². The molecule has 0 aromatic heterocycles. The fraction of sp³-hybridized carbons (Fsp3) is 0.764. The molecule has 0 aromatic rings. The molecule has 1 aliphatic rings. The smallest absolute Gasteiger partial charge is 0.306 e. The van der Waals surface area contributed by atoms with E-state index >= 15 is 0 Å². The van der Waals surface area contributed by atoms with Gasteiger partial charge in [0, 0.05) is 13.0 Å². The number of aliphatic hydroxyl groups excluding tert-OH is 4. The van der Waals surface area contributed by atoms with Gasteiger partial charge in [-0.2, -0.15) is 0 Å². The van der Waals surface area contributed by atoms with E-state index in [-0.39, 0.29) is 19.2 Å². The Morgan fingerprint density at radius 2 is 0.953 bits per heavy atom. The van der Waals surface area contributed by atoms with E-state index in [0.717, 1.165) is 83.5 Å². The Balaban J connectivity index is 2.22. The van der Waals surface area contributed by atoms with E-state index in [2.05, 4.69) is 86.8 Å². The molecule has 0 amide bonds. The Bertz CT molecular complexity index is 1210. The Kier molecular flexibility index (Phi) is 42.7. The first-order valence-corrected chi connectivity index (χ1v) is 26.0. The molecule has 1 heterocycles. The molecule has 370 valence electrons. The Labute approximate surface area is 391 Å². The lowest BCUT2D eigenvalue weighted by atomic mass is 9.99. The summed E-state index contributed by atoms with van der Waals surface area (Å²) in [6.45, 7) is 4.42.